The molecule has 0 aliphatic carbocycles. The highest BCUT2D eigenvalue weighted by atomic mass is 31.0. The molecular weight excluding hydrogens is 111 g/mol. The lowest BCUT2D eigenvalue weighted by Crippen LogP contribution is -1.48. The van der Waals surface area contributed by atoms with Crippen LogP contribution in [-0.4, -0.2) is 10.2 Å². The molecule has 0 radical (unpaired) electrons. The largest absolute Gasteiger partial charge is 0.504 e. The van der Waals surface area contributed by atoms with Gasteiger partial charge in [-0.05, 0) is 11.9 Å². The van der Waals surface area contributed by atoms with Crippen molar-refractivity contribution in [2.75, 3.05) is 0 Å². The highest BCUT2D eigenvalue weighted by Gasteiger charge is 1.92. The molecule has 2 N–H and O–H groups in total. The summed E-state index contributed by atoms with van der Waals surface area (Å²) in [7, 11) is 0.267. The fourth-order valence-corrected chi connectivity index (χ4v) is 0.983. The van der Waals surface area contributed by atoms with Crippen molar-refractivity contribution in [1.29, 1.82) is 0 Å². The van der Waals surface area contributed by atoms with Gasteiger partial charge in [-0.25, -0.2) is 0 Å². The van der Waals surface area contributed by atoms with Gasteiger partial charge >= 0.3 is 0 Å². The van der Waals surface area contributed by atoms with Crippen LogP contribution in [-0.2, 0) is 0 Å². The molecule has 1 rings (SSSR count). The Kier molecular flexibility index (Phi) is 0.953. The molecule has 38 valence electrons. The van der Waals surface area contributed by atoms with Crippen molar-refractivity contribution in [2.45, 2.75) is 0 Å². The van der Waals surface area contributed by atoms with Crippen LogP contribution in [0.2, 0.25) is 0 Å². The van der Waals surface area contributed by atoms with Crippen LogP contribution in [0.4, 0.5) is 0 Å². The molecule has 0 bridgehead atoms. The Hall–Kier alpha value is -0.620. The van der Waals surface area contributed by atoms with Gasteiger partial charge in [0.15, 0.2) is 11.2 Å². The summed E-state index contributed by atoms with van der Waals surface area (Å²) in [4.78, 5) is 0. The molecule has 0 aliphatic rings. The first kappa shape index (κ1) is 4.54. The highest BCUT2D eigenvalue weighted by molar-refractivity contribution is 7.32. The van der Waals surface area contributed by atoms with E-state index in [9.17, 15) is 0 Å². The zero-order valence-electron chi connectivity index (χ0n) is 3.55. The van der Waals surface area contributed by atoms with Crippen LogP contribution < -0.4 is 0 Å². The van der Waals surface area contributed by atoms with Crippen LogP contribution >= 0.6 is 8.19 Å². The minimum Gasteiger partial charge on any atom is -0.504 e. The molecule has 1 atom stereocenters. The topological polar surface area (TPSA) is 40.5 Å². The van der Waals surface area contributed by atoms with E-state index in [0.717, 1.165) is 0 Å². The van der Waals surface area contributed by atoms with E-state index >= 15 is 0 Å². The van der Waals surface area contributed by atoms with E-state index < -0.39 is 0 Å². The summed E-state index contributed by atoms with van der Waals surface area (Å²) >= 11 is 0. The Morgan fingerprint density at radius 3 is 2.29 bits per heavy atom. The SMILES string of the molecule is Oc1cc[pH]c1O. The predicted octanol–water partition coefficient (Wildman–Crippen LogP) is 1.13. The normalized spacial score (nSPS) is 10.3. The molecule has 0 saturated heterocycles. The molecule has 1 heterocycles. The van der Waals surface area contributed by atoms with Crippen molar-refractivity contribution < 1.29 is 10.2 Å². The van der Waals surface area contributed by atoms with Crippen LogP contribution in [0.25, 0.3) is 0 Å². The average molecular weight is 116 g/mol. The minimum absolute atomic E-state index is 0.0123. The molecule has 0 spiro atoms. The molecule has 1 aromatic heterocycles. The zero-order chi connectivity index (χ0) is 5.28. The third-order valence-electron chi connectivity index (χ3n) is 0.704. The average Bonchev–Trinajstić information content (AvgIpc) is 1.91. The van der Waals surface area contributed by atoms with Crippen LogP contribution in [0.5, 0.6) is 11.2 Å². The summed E-state index contributed by atoms with van der Waals surface area (Å²) in [5.74, 6) is 1.74. The molecule has 1 aromatic rings. The number of hydrogen-bond donors (Lipinski definition) is 2. The third-order valence-corrected chi connectivity index (χ3v) is 1.57. The second-order valence-corrected chi connectivity index (χ2v) is 2.31. The van der Waals surface area contributed by atoms with E-state index in [-0.39, 0.29) is 19.4 Å². The smallest absolute Gasteiger partial charge is 0.173 e. The van der Waals surface area contributed by atoms with Crippen molar-refractivity contribution >= 4 is 8.19 Å². The summed E-state index contributed by atoms with van der Waals surface area (Å²) in [6.45, 7) is 0. The minimum atomic E-state index is 0.0123. The zero-order valence-corrected chi connectivity index (χ0v) is 4.55. The Labute approximate surface area is 42.5 Å². The van der Waals surface area contributed by atoms with Crippen molar-refractivity contribution in [3.63, 3.8) is 0 Å². The van der Waals surface area contributed by atoms with Gasteiger partial charge in [0.25, 0.3) is 0 Å². The third kappa shape index (κ3) is 0.699. The summed E-state index contributed by atoms with van der Waals surface area (Å²) < 4.78 is 0. The maximum atomic E-state index is 8.58. The van der Waals surface area contributed by atoms with Crippen molar-refractivity contribution in [3.8, 4) is 11.2 Å². The van der Waals surface area contributed by atoms with Gasteiger partial charge in [0.05, 0.1) is 0 Å². The van der Waals surface area contributed by atoms with E-state index in [2.05, 4.69) is 0 Å². The summed E-state index contributed by atoms with van der Waals surface area (Å²) in [6.07, 6.45) is 0. The molecule has 0 aromatic carbocycles. The fourth-order valence-electron chi connectivity index (χ4n) is 0.352. The van der Waals surface area contributed by atoms with Gasteiger partial charge < -0.3 is 10.2 Å². The fraction of sp³-hybridized carbons (Fsp3) is 0. The van der Waals surface area contributed by atoms with Gasteiger partial charge in [0.2, 0.25) is 0 Å². The van der Waals surface area contributed by atoms with Crippen molar-refractivity contribution in [1.82, 2.24) is 0 Å². The van der Waals surface area contributed by atoms with Crippen molar-refractivity contribution in [2.24, 2.45) is 0 Å². The molecule has 0 saturated carbocycles. The predicted molar refractivity (Wildman–Crippen MR) is 29.3 cm³/mol. The van der Waals surface area contributed by atoms with Gasteiger partial charge in [-0.3, -0.25) is 0 Å². The summed E-state index contributed by atoms with van der Waals surface area (Å²) in [5, 5.41) is 17.1. The highest BCUT2D eigenvalue weighted by Crippen LogP contribution is 2.34. The first-order chi connectivity index (χ1) is 3.30. The lowest BCUT2D eigenvalue weighted by atomic mass is 10.6. The van der Waals surface area contributed by atoms with Gasteiger partial charge in [-0.1, -0.05) is 8.19 Å². The van der Waals surface area contributed by atoms with Crippen LogP contribution in [0.3, 0.4) is 0 Å². The molecular formula is C4H5O2P. The first-order valence-corrected chi connectivity index (χ1v) is 2.94. The number of aromatic hydroxyl groups is 2. The number of hydrogen-bond acceptors (Lipinski definition) is 2. The standard InChI is InChI=1S/C4H5O2P/c5-3-1-2-7-4(3)6/h1-2,5-7H. The van der Waals surface area contributed by atoms with Gasteiger partial charge in [0, 0.05) is 0 Å². The summed E-state index contributed by atoms with van der Waals surface area (Å²) in [5.41, 5.74) is 0.0972. The Morgan fingerprint density at radius 2 is 2.14 bits per heavy atom. The van der Waals surface area contributed by atoms with Gasteiger partial charge in [-0.15, -0.1) is 0 Å². The molecule has 2 nitrogen and oxygen atoms in total. The Bertz CT molecular complexity index is 142. The van der Waals surface area contributed by atoms with E-state index in [4.69, 9.17) is 10.2 Å². The maximum Gasteiger partial charge on any atom is 0.173 e. The van der Waals surface area contributed by atoms with E-state index in [1.165, 1.54) is 6.07 Å². The Morgan fingerprint density at radius 1 is 1.43 bits per heavy atom. The maximum absolute atomic E-state index is 8.58. The van der Waals surface area contributed by atoms with Gasteiger partial charge in [-0.2, -0.15) is 0 Å². The molecule has 1 unspecified atom stereocenters. The molecule has 0 fully saturated rings. The second-order valence-electron chi connectivity index (χ2n) is 1.21. The van der Waals surface area contributed by atoms with Gasteiger partial charge in [0.1, 0.15) is 0 Å². The monoisotopic (exact) mass is 116 g/mol. The van der Waals surface area contributed by atoms with Crippen molar-refractivity contribution in [3.05, 3.63) is 11.9 Å². The lowest BCUT2D eigenvalue weighted by molar-refractivity contribution is 0.416. The lowest BCUT2D eigenvalue weighted by Gasteiger charge is -1.80. The molecule has 0 aliphatic heterocycles. The van der Waals surface area contributed by atoms with Crippen LogP contribution in [0, 0.1) is 0 Å². The second kappa shape index (κ2) is 1.47. The molecule has 0 amide bonds. The molecule has 3 heteroatoms. The summed E-state index contributed by atoms with van der Waals surface area (Å²) in [6, 6.07) is 1.49. The van der Waals surface area contributed by atoms with Crippen LogP contribution in [0.15, 0.2) is 11.9 Å². The van der Waals surface area contributed by atoms with E-state index in [0.29, 0.717) is 0 Å². The number of rotatable bonds is 0. The quantitative estimate of drug-likeness (QED) is 0.533. The Balaban J connectivity index is 3.12. The van der Waals surface area contributed by atoms with Crippen LogP contribution in [0.1, 0.15) is 0 Å². The van der Waals surface area contributed by atoms with E-state index in [1.54, 1.807) is 5.80 Å². The first-order valence-electron chi connectivity index (χ1n) is 1.86. The molecule has 7 heavy (non-hydrogen) atoms. The van der Waals surface area contributed by atoms with E-state index in [1.807, 2.05) is 0 Å².